The third-order valence-electron chi connectivity index (χ3n) is 4.34. The number of nitrogens with one attached hydrogen (secondary N) is 1. The molecule has 9 nitrogen and oxygen atoms in total. The number of ether oxygens (including phenoxy) is 3. The number of nitrogens with zero attached hydrogens (tertiary/aromatic N) is 4. The van der Waals surface area contributed by atoms with Crippen LogP contribution in [0.15, 0.2) is 35.5 Å². The molecule has 0 aliphatic carbocycles. The minimum atomic E-state index is -0.333. The lowest BCUT2D eigenvalue weighted by Crippen LogP contribution is -2.17. The van der Waals surface area contributed by atoms with Gasteiger partial charge in [0.15, 0.2) is 22.7 Å². The monoisotopic (exact) mass is 365 g/mol. The van der Waals surface area contributed by atoms with E-state index in [0.29, 0.717) is 54.1 Å². The van der Waals surface area contributed by atoms with Crippen molar-refractivity contribution in [2.75, 3.05) is 19.8 Å². The predicted octanol–water partition coefficient (Wildman–Crippen LogP) is 1.83. The van der Waals surface area contributed by atoms with Crippen molar-refractivity contribution in [1.82, 2.24) is 24.5 Å². The van der Waals surface area contributed by atoms with Crippen molar-refractivity contribution >= 4 is 22.1 Å². The number of hydrogen-bond donors (Lipinski definition) is 1. The number of rotatable bonds is 3. The Hall–Kier alpha value is -3.62. The molecule has 0 atom stereocenters. The van der Waals surface area contributed by atoms with Gasteiger partial charge in [0.2, 0.25) is 5.88 Å². The van der Waals surface area contributed by atoms with Crippen LogP contribution < -0.4 is 19.9 Å². The second-order valence-electron chi connectivity index (χ2n) is 5.92. The van der Waals surface area contributed by atoms with Crippen LogP contribution in [0.4, 0.5) is 0 Å². The van der Waals surface area contributed by atoms with Gasteiger partial charge in [-0.3, -0.25) is 14.5 Å². The van der Waals surface area contributed by atoms with Crippen molar-refractivity contribution < 1.29 is 14.2 Å². The highest BCUT2D eigenvalue weighted by Crippen LogP contribution is 2.37. The molecule has 1 aromatic carbocycles. The quantitative estimate of drug-likeness (QED) is 0.590. The highest BCUT2D eigenvalue weighted by Gasteiger charge is 2.19. The number of pyridine rings is 1. The highest BCUT2D eigenvalue weighted by atomic mass is 16.6. The summed E-state index contributed by atoms with van der Waals surface area (Å²) >= 11 is 0. The van der Waals surface area contributed by atoms with E-state index < -0.39 is 0 Å². The van der Waals surface area contributed by atoms with E-state index >= 15 is 0 Å². The van der Waals surface area contributed by atoms with Crippen LogP contribution in [-0.2, 0) is 0 Å². The fourth-order valence-corrected chi connectivity index (χ4v) is 3.23. The first kappa shape index (κ1) is 15.6. The van der Waals surface area contributed by atoms with Crippen molar-refractivity contribution in [2.24, 2.45) is 0 Å². The summed E-state index contributed by atoms with van der Waals surface area (Å²) in [7, 11) is 0. The van der Waals surface area contributed by atoms with Gasteiger partial charge in [0.25, 0.3) is 0 Å². The van der Waals surface area contributed by atoms with Crippen molar-refractivity contribution in [1.29, 1.82) is 0 Å². The van der Waals surface area contributed by atoms with Gasteiger partial charge in [-0.15, -0.1) is 0 Å². The minimum Gasteiger partial charge on any atom is -0.485 e. The van der Waals surface area contributed by atoms with Gasteiger partial charge in [-0.05, 0) is 25.1 Å². The summed E-state index contributed by atoms with van der Waals surface area (Å²) in [5.74, 6) is 1.56. The summed E-state index contributed by atoms with van der Waals surface area (Å²) < 4.78 is 18.5. The van der Waals surface area contributed by atoms with Gasteiger partial charge >= 0.3 is 5.69 Å². The fraction of sp³-hybridized carbons (Fsp3) is 0.222. The Morgan fingerprint density at radius 2 is 2.11 bits per heavy atom. The molecule has 3 aromatic heterocycles. The normalized spacial score (nSPS) is 13.2. The van der Waals surface area contributed by atoms with E-state index in [1.165, 1.54) is 10.9 Å². The number of aromatic amines is 1. The molecular formula is C18H15N5O4. The zero-order chi connectivity index (χ0) is 18.4. The lowest BCUT2D eigenvalue weighted by molar-refractivity contribution is 0.173. The van der Waals surface area contributed by atoms with E-state index in [-0.39, 0.29) is 5.69 Å². The second kappa shape index (κ2) is 5.97. The van der Waals surface area contributed by atoms with Gasteiger partial charge < -0.3 is 14.2 Å². The lowest BCUT2D eigenvalue weighted by atomic mass is 10.1. The van der Waals surface area contributed by atoms with Crippen molar-refractivity contribution in [3.8, 4) is 23.1 Å². The first-order valence-corrected chi connectivity index (χ1v) is 8.53. The Balaban J connectivity index is 1.79. The van der Waals surface area contributed by atoms with Crippen LogP contribution in [0.2, 0.25) is 0 Å². The standard InChI is InChI=1S/C18H15N5O4/c1-2-25-17-14-16(20-9-21-17)22-18(24)23(14)10-3-4-12-11(7-10)15-13(8-19-12)26-5-6-27-15/h3-4,7-9H,2,5-6H2,1H3,(H,20,21,22,24). The topological polar surface area (TPSA) is 104 Å². The van der Waals surface area contributed by atoms with Crippen LogP contribution in [-0.4, -0.2) is 44.3 Å². The zero-order valence-electron chi connectivity index (χ0n) is 14.4. The summed E-state index contributed by atoms with van der Waals surface area (Å²) in [5.41, 5.74) is 1.93. The molecule has 4 heterocycles. The molecule has 0 unspecified atom stereocenters. The number of aromatic nitrogens is 5. The van der Waals surface area contributed by atoms with Gasteiger partial charge in [-0.2, -0.15) is 4.98 Å². The average molecular weight is 365 g/mol. The largest absolute Gasteiger partial charge is 0.485 e. The maximum absolute atomic E-state index is 12.6. The van der Waals surface area contributed by atoms with Gasteiger partial charge in [-0.1, -0.05) is 0 Å². The number of fused-ring (bicyclic) bond motifs is 4. The second-order valence-corrected chi connectivity index (χ2v) is 5.92. The molecule has 136 valence electrons. The van der Waals surface area contributed by atoms with Crippen LogP contribution >= 0.6 is 0 Å². The van der Waals surface area contributed by atoms with Gasteiger partial charge in [0, 0.05) is 5.39 Å². The van der Waals surface area contributed by atoms with Crippen LogP contribution in [0.5, 0.6) is 17.4 Å². The molecule has 1 aliphatic heterocycles. The number of hydrogen-bond acceptors (Lipinski definition) is 7. The Morgan fingerprint density at radius 1 is 1.22 bits per heavy atom. The van der Waals surface area contributed by atoms with E-state index in [1.54, 1.807) is 6.20 Å². The van der Waals surface area contributed by atoms with Crippen molar-refractivity contribution in [3.05, 3.63) is 41.2 Å². The molecule has 0 saturated heterocycles. The van der Waals surface area contributed by atoms with Gasteiger partial charge in [0.1, 0.15) is 19.5 Å². The molecule has 1 aliphatic rings. The summed E-state index contributed by atoms with van der Waals surface area (Å²) in [6, 6.07) is 5.48. The summed E-state index contributed by atoms with van der Waals surface area (Å²) in [6.07, 6.45) is 3.01. The summed E-state index contributed by atoms with van der Waals surface area (Å²) in [5, 5.41) is 0.765. The van der Waals surface area contributed by atoms with Crippen LogP contribution in [0.1, 0.15) is 6.92 Å². The first-order valence-electron chi connectivity index (χ1n) is 8.53. The molecule has 0 radical (unpaired) electrons. The van der Waals surface area contributed by atoms with E-state index in [0.717, 1.165) is 10.9 Å². The Morgan fingerprint density at radius 3 is 3.00 bits per heavy atom. The highest BCUT2D eigenvalue weighted by molar-refractivity contribution is 5.90. The van der Waals surface area contributed by atoms with Crippen LogP contribution in [0.3, 0.4) is 0 Å². The third kappa shape index (κ3) is 2.39. The number of benzene rings is 1. The molecular weight excluding hydrogens is 350 g/mol. The molecule has 9 heteroatoms. The molecule has 27 heavy (non-hydrogen) atoms. The van der Waals surface area contributed by atoms with E-state index in [1.807, 2.05) is 25.1 Å². The molecule has 4 aromatic rings. The van der Waals surface area contributed by atoms with E-state index in [9.17, 15) is 4.79 Å². The third-order valence-corrected chi connectivity index (χ3v) is 4.34. The molecule has 0 fully saturated rings. The number of H-pyrrole nitrogens is 1. The maximum atomic E-state index is 12.6. The SMILES string of the molecule is CCOc1ncnc2[nH]c(=O)n(-c3ccc4ncc5c(c4c3)OCCO5)c12. The summed E-state index contributed by atoms with van der Waals surface area (Å²) in [4.78, 5) is 28.1. The molecule has 0 spiro atoms. The summed E-state index contributed by atoms with van der Waals surface area (Å²) in [6.45, 7) is 3.22. The maximum Gasteiger partial charge on any atom is 0.332 e. The zero-order valence-corrected chi connectivity index (χ0v) is 14.4. The van der Waals surface area contributed by atoms with E-state index in [2.05, 4.69) is 19.9 Å². The average Bonchev–Trinajstić information content (AvgIpc) is 3.04. The van der Waals surface area contributed by atoms with Gasteiger partial charge in [-0.25, -0.2) is 9.78 Å². The smallest absolute Gasteiger partial charge is 0.332 e. The minimum absolute atomic E-state index is 0.333. The molecule has 1 N–H and O–H groups in total. The molecule has 5 rings (SSSR count). The van der Waals surface area contributed by atoms with E-state index in [4.69, 9.17) is 14.2 Å². The predicted molar refractivity (Wildman–Crippen MR) is 96.9 cm³/mol. The molecule has 0 bridgehead atoms. The fourth-order valence-electron chi connectivity index (χ4n) is 3.23. The van der Waals surface area contributed by atoms with Gasteiger partial charge in [0.05, 0.1) is 24.0 Å². The molecule has 0 amide bonds. The Bertz CT molecular complexity index is 1230. The van der Waals surface area contributed by atoms with Crippen molar-refractivity contribution in [3.63, 3.8) is 0 Å². The first-order chi connectivity index (χ1) is 13.3. The molecule has 0 saturated carbocycles. The Labute approximate surface area is 152 Å². The Kier molecular flexibility index (Phi) is 3.46. The number of imidazole rings is 1. The van der Waals surface area contributed by atoms with Crippen LogP contribution in [0.25, 0.3) is 27.8 Å². The van der Waals surface area contributed by atoms with Crippen LogP contribution in [0, 0.1) is 0 Å². The lowest BCUT2D eigenvalue weighted by Gasteiger charge is -2.19. The van der Waals surface area contributed by atoms with Crippen molar-refractivity contribution in [2.45, 2.75) is 6.92 Å².